The van der Waals surface area contributed by atoms with Gasteiger partial charge in [0, 0.05) is 15.6 Å². The molecule has 3 rings (SSSR count). The molecule has 2 fully saturated rings. The van der Waals surface area contributed by atoms with E-state index < -0.39 is 11.9 Å². The lowest BCUT2D eigenvalue weighted by Crippen LogP contribution is -2.13. The molecule has 0 saturated carbocycles. The van der Waals surface area contributed by atoms with E-state index in [0.29, 0.717) is 26.9 Å². The second-order valence-corrected chi connectivity index (χ2v) is 12.1. The summed E-state index contributed by atoms with van der Waals surface area (Å²) in [4.78, 5) is 0. The van der Waals surface area contributed by atoms with Crippen molar-refractivity contribution >= 4 is 41.0 Å². The maximum absolute atomic E-state index is 11.0. The molecule has 5 heteroatoms. The molecule has 2 saturated heterocycles. The smallest absolute Gasteiger partial charge is 0.110 e. The molecule has 1 aromatic carbocycles. The van der Waals surface area contributed by atoms with E-state index in [9.17, 15) is 5.11 Å². The quantitative estimate of drug-likeness (QED) is 0.705. The van der Waals surface area contributed by atoms with Crippen molar-refractivity contribution in [2.24, 2.45) is 0 Å². The summed E-state index contributed by atoms with van der Waals surface area (Å²) in [5, 5.41) is 12.2. The molecule has 2 bridgehead atoms. The molecular formula is C15H19Cl2OPS. The monoisotopic (exact) mass is 348 g/mol. The van der Waals surface area contributed by atoms with Crippen molar-refractivity contribution in [1.29, 1.82) is 0 Å². The van der Waals surface area contributed by atoms with Crippen LogP contribution in [0.15, 0.2) is 18.2 Å². The van der Waals surface area contributed by atoms with Crippen LogP contribution < -0.4 is 0 Å². The Bertz CT molecular complexity index is 525. The van der Waals surface area contributed by atoms with Gasteiger partial charge in [-0.05, 0) is 55.2 Å². The summed E-state index contributed by atoms with van der Waals surface area (Å²) in [7, 11) is 0. The van der Waals surface area contributed by atoms with Gasteiger partial charge in [0.2, 0.25) is 0 Å². The fourth-order valence-corrected chi connectivity index (χ4v) is 10.6. The summed E-state index contributed by atoms with van der Waals surface area (Å²) in [5.41, 5.74) is 1.72. The molecule has 1 N–H and O–H groups in total. The zero-order chi connectivity index (χ0) is 14.3. The Balaban J connectivity index is 2.05. The summed E-state index contributed by atoms with van der Waals surface area (Å²) >= 11 is 18.7. The number of rotatable bonds is 2. The zero-order valence-corrected chi connectivity index (χ0v) is 14.5. The van der Waals surface area contributed by atoms with Crippen LogP contribution in [0.25, 0.3) is 0 Å². The van der Waals surface area contributed by atoms with Crippen molar-refractivity contribution in [1.82, 2.24) is 0 Å². The van der Waals surface area contributed by atoms with E-state index in [1.54, 1.807) is 12.1 Å². The highest BCUT2D eigenvalue weighted by Gasteiger charge is 2.48. The molecule has 2 aliphatic rings. The number of hydrogen-bond donors (Lipinski definition) is 1. The van der Waals surface area contributed by atoms with Gasteiger partial charge in [0.15, 0.2) is 0 Å². The minimum Gasteiger partial charge on any atom is -0.383 e. The topological polar surface area (TPSA) is 20.2 Å². The van der Waals surface area contributed by atoms with Gasteiger partial charge in [-0.2, -0.15) is 0 Å². The van der Waals surface area contributed by atoms with Crippen LogP contribution in [-0.2, 0) is 11.8 Å². The first-order valence-corrected chi connectivity index (χ1v) is 11.0. The maximum Gasteiger partial charge on any atom is 0.110 e. The number of halogens is 2. The second kappa shape index (κ2) is 5.89. The van der Waals surface area contributed by atoms with Crippen LogP contribution in [-0.4, -0.2) is 16.4 Å². The van der Waals surface area contributed by atoms with Gasteiger partial charge in [-0.15, -0.1) is 0 Å². The second-order valence-electron chi connectivity index (χ2n) is 5.94. The highest BCUT2D eigenvalue weighted by molar-refractivity contribution is 8.15. The molecule has 0 aromatic heterocycles. The van der Waals surface area contributed by atoms with Crippen molar-refractivity contribution in [3.63, 3.8) is 0 Å². The molecule has 110 valence electrons. The van der Waals surface area contributed by atoms with Gasteiger partial charge < -0.3 is 5.11 Å². The number of benzene rings is 1. The molecule has 20 heavy (non-hydrogen) atoms. The van der Waals surface area contributed by atoms with E-state index in [-0.39, 0.29) is 0 Å². The molecule has 3 atom stereocenters. The lowest BCUT2D eigenvalue weighted by molar-refractivity contribution is 0.261. The Labute approximate surface area is 135 Å². The third kappa shape index (κ3) is 2.38. The van der Waals surface area contributed by atoms with Crippen LogP contribution in [0.1, 0.15) is 49.9 Å². The van der Waals surface area contributed by atoms with Crippen LogP contribution in [0.5, 0.6) is 0 Å². The summed E-state index contributed by atoms with van der Waals surface area (Å²) in [6.07, 6.45) is 7.22. The summed E-state index contributed by atoms with van der Waals surface area (Å²) in [5.74, 6) is -0.630. The Kier molecular flexibility index (Phi) is 4.51. The third-order valence-corrected chi connectivity index (χ3v) is 12.3. The predicted molar refractivity (Wildman–Crippen MR) is 91.0 cm³/mol. The van der Waals surface area contributed by atoms with E-state index in [1.807, 2.05) is 6.07 Å². The van der Waals surface area contributed by atoms with Crippen LogP contribution in [0.3, 0.4) is 0 Å². The minimum absolute atomic E-state index is 0.521. The third-order valence-electron chi connectivity index (χ3n) is 4.94. The van der Waals surface area contributed by atoms with Gasteiger partial charge in [-0.25, -0.2) is 0 Å². The first-order valence-electron chi connectivity index (χ1n) is 7.26. The molecule has 1 nitrogen and oxygen atoms in total. The molecule has 0 amide bonds. The Morgan fingerprint density at radius 3 is 2.05 bits per heavy atom. The van der Waals surface area contributed by atoms with Gasteiger partial charge in [-0.3, -0.25) is 0 Å². The highest BCUT2D eigenvalue weighted by atomic mass is 35.5. The lowest BCUT2D eigenvalue weighted by Gasteiger charge is -2.33. The van der Waals surface area contributed by atoms with Gasteiger partial charge in [0.1, 0.15) is 5.85 Å². The van der Waals surface area contributed by atoms with Crippen molar-refractivity contribution in [3.05, 3.63) is 33.8 Å². The predicted octanol–water partition coefficient (Wildman–Crippen LogP) is 5.57. The van der Waals surface area contributed by atoms with E-state index in [1.165, 1.54) is 38.5 Å². The molecule has 3 unspecified atom stereocenters. The molecule has 2 heterocycles. The Hall–Kier alpha value is 0.410. The SMILES string of the molecule is OC(c1c(Cl)cccc1Cl)P1(=S)C2CCCCC1CC2. The van der Waals surface area contributed by atoms with Gasteiger partial charge in [-0.1, -0.05) is 53.9 Å². The number of hydrogen-bond acceptors (Lipinski definition) is 2. The van der Waals surface area contributed by atoms with E-state index in [4.69, 9.17) is 35.0 Å². The fourth-order valence-electron chi connectivity index (χ4n) is 3.90. The molecule has 0 spiro atoms. The molecule has 0 radical (unpaired) electrons. The van der Waals surface area contributed by atoms with E-state index >= 15 is 0 Å². The highest BCUT2D eigenvalue weighted by Crippen LogP contribution is 2.74. The standard InChI is InChI=1S/C15H19Cl2OPS/c16-12-6-3-7-13(17)14(12)15(18)19(20)10-4-1-2-5-11(19)9-8-10/h3,6-7,10-11,15,18H,1-2,4-5,8-9H2. The maximum atomic E-state index is 11.0. The Morgan fingerprint density at radius 1 is 1.05 bits per heavy atom. The van der Waals surface area contributed by atoms with Gasteiger partial charge in [0.25, 0.3) is 0 Å². The molecule has 0 aliphatic carbocycles. The van der Waals surface area contributed by atoms with Crippen LogP contribution in [0, 0.1) is 0 Å². The van der Waals surface area contributed by atoms with Crippen LogP contribution in [0.4, 0.5) is 0 Å². The van der Waals surface area contributed by atoms with Crippen molar-refractivity contribution < 1.29 is 5.11 Å². The van der Waals surface area contributed by atoms with Crippen LogP contribution in [0.2, 0.25) is 10.0 Å². The normalized spacial score (nSPS) is 34.8. The number of aliphatic hydroxyl groups is 1. The average molecular weight is 349 g/mol. The lowest BCUT2D eigenvalue weighted by atomic mass is 10.0. The number of aliphatic hydroxyl groups excluding tert-OH is 1. The first kappa shape index (κ1) is 15.3. The zero-order valence-electron chi connectivity index (χ0n) is 11.3. The largest absolute Gasteiger partial charge is 0.383 e. The minimum atomic E-state index is -1.87. The van der Waals surface area contributed by atoms with E-state index in [2.05, 4.69) is 0 Å². The van der Waals surface area contributed by atoms with Crippen molar-refractivity contribution in [2.75, 3.05) is 0 Å². The molecule has 2 aliphatic heterocycles. The molecular weight excluding hydrogens is 330 g/mol. The summed E-state index contributed by atoms with van der Waals surface area (Å²) in [6, 6.07) is 3.54. The molecule has 1 aromatic rings. The first-order chi connectivity index (χ1) is 9.55. The fraction of sp³-hybridized carbons (Fsp3) is 0.600. The number of fused-ring (bicyclic) bond motifs is 2. The van der Waals surface area contributed by atoms with Crippen molar-refractivity contribution in [3.8, 4) is 0 Å². The van der Waals surface area contributed by atoms with Gasteiger partial charge in [0.05, 0.1) is 0 Å². The van der Waals surface area contributed by atoms with Crippen molar-refractivity contribution in [2.45, 2.75) is 55.7 Å². The summed E-state index contributed by atoms with van der Waals surface area (Å²) < 4.78 is 0. The van der Waals surface area contributed by atoms with E-state index in [0.717, 1.165) is 0 Å². The average Bonchev–Trinajstić information content (AvgIpc) is 2.59. The Morgan fingerprint density at radius 2 is 1.55 bits per heavy atom. The van der Waals surface area contributed by atoms with Crippen LogP contribution >= 0.6 is 29.2 Å². The van der Waals surface area contributed by atoms with Gasteiger partial charge >= 0.3 is 0 Å². The summed E-state index contributed by atoms with van der Waals surface area (Å²) in [6.45, 7) is 0.